The SMILES string of the molecule is CC(C)(C)[Si](C)(C)OC(CNCCc1ccc(Br)cc1)c1ccc(OCc2ccccc2)c2[nH]c(=O)ccc12. The number of hydrogen-bond acceptors (Lipinski definition) is 4. The lowest BCUT2D eigenvalue weighted by Gasteiger charge is -2.39. The third-order valence-electron chi connectivity index (χ3n) is 7.55. The standard InChI is InChI=1S/C32H39BrN2O3Si/c1-32(2,3)39(4,5)38-29(21-34-20-19-23-11-13-25(33)14-12-23)26-15-17-28(31-27(26)16-18-30(36)35-31)37-22-24-9-7-6-8-10-24/h6-18,29,34H,19-22H2,1-5H3,(H,35,36). The van der Waals surface area contributed by atoms with Gasteiger partial charge in [0.2, 0.25) is 5.56 Å². The maximum atomic E-state index is 12.4. The summed E-state index contributed by atoms with van der Waals surface area (Å²) in [5.74, 6) is 0.657. The molecular weight excluding hydrogens is 568 g/mol. The van der Waals surface area contributed by atoms with Gasteiger partial charge in [-0.3, -0.25) is 4.79 Å². The molecule has 7 heteroatoms. The Labute approximate surface area is 241 Å². The lowest BCUT2D eigenvalue weighted by Crippen LogP contribution is -2.43. The summed E-state index contributed by atoms with van der Waals surface area (Å²) in [6.07, 6.45) is 0.757. The van der Waals surface area contributed by atoms with Gasteiger partial charge in [-0.15, -0.1) is 0 Å². The van der Waals surface area contributed by atoms with E-state index < -0.39 is 8.32 Å². The second-order valence-corrected chi connectivity index (χ2v) is 17.2. The highest BCUT2D eigenvalue weighted by atomic mass is 79.9. The van der Waals surface area contributed by atoms with Crippen LogP contribution in [0.1, 0.15) is 43.6 Å². The zero-order valence-electron chi connectivity index (χ0n) is 23.5. The third kappa shape index (κ3) is 7.69. The van der Waals surface area contributed by atoms with Gasteiger partial charge in [0.05, 0.1) is 11.6 Å². The van der Waals surface area contributed by atoms with Crippen molar-refractivity contribution in [3.05, 3.63) is 110 Å². The summed E-state index contributed by atoms with van der Waals surface area (Å²) in [4.78, 5) is 15.4. The molecule has 0 aliphatic heterocycles. The molecule has 1 aromatic heterocycles. The van der Waals surface area contributed by atoms with Crippen molar-refractivity contribution in [3.8, 4) is 5.75 Å². The molecule has 0 saturated carbocycles. The Morgan fingerprint density at radius 3 is 2.33 bits per heavy atom. The molecule has 0 fully saturated rings. The van der Waals surface area contributed by atoms with Gasteiger partial charge in [-0.05, 0) is 72.1 Å². The Bertz CT molecular complexity index is 1430. The number of pyridine rings is 1. The second kappa shape index (κ2) is 12.6. The quantitative estimate of drug-likeness (QED) is 0.135. The largest absolute Gasteiger partial charge is 0.487 e. The first-order valence-electron chi connectivity index (χ1n) is 13.5. The first kappa shape index (κ1) is 29.3. The summed E-state index contributed by atoms with van der Waals surface area (Å²) >= 11 is 3.51. The molecule has 1 atom stereocenters. The number of halogens is 1. The number of rotatable bonds is 11. The number of ether oxygens (including phenoxy) is 1. The average Bonchev–Trinajstić information content (AvgIpc) is 2.90. The third-order valence-corrected chi connectivity index (χ3v) is 12.6. The molecule has 5 nitrogen and oxygen atoms in total. The van der Waals surface area contributed by atoms with Crippen LogP contribution < -0.4 is 15.6 Å². The predicted octanol–water partition coefficient (Wildman–Crippen LogP) is 7.76. The van der Waals surface area contributed by atoms with E-state index in [1.54, 1.807) is 6.07 Å². The van der Waals surface area contributed by atoms with Crippen molar-refractivity contribution in [2.24, 2.45) is 0 Å². The van der Waals surface area contributed by atoms with Crippen LogP contribution >= 0.6 is 15.9 Å². The van der Waals surface area contributed by atoms with Gasteiger partial charge in [-0.2, -0.15) is 0 Å². The highest BCUT2D eigenvalue weighted by Crippen LogP contribution is 2.41. The fraction of sp³-hybridized carbons (Fsp3) is 0.344. The number of aromatic amines is 1. The van der Waals surface area contributed by atoms with Crippen LogP contribution in [0.5, 0.6) is 5.75 Å². The molecule has 0 radical (unpaired) electrons. The molecule has 2 N–H and O–H groups in total. The summed E-state index contributed by atoms with van der Waals surface area (Å²) in [5.41, 5.74) is 3.96. The summed E-state index contributed by atoms with van der Waals surface area (Å²) in [6, 6.07) is 26.0. The van der Waals surface area contributed by atoms with Crippen molar-refractivity contribution in [1.29, 1.82) is 0 Å². The highest BCUT2D eigenvalue weighted by Gasteiger charge is 2.39. The summed E-state index contributed by atoms with van der Waals surface area (Å²) in [5, 5.41) is 4.64. The maximum absolute atomic E-state index is 12.4. The van der Waals surface area contributed by atoms with Crippen LogP contribution in [0, 0.1) is 0 Å². The first-order chi connectivity index (χ1) is 18.5. The molecule has 0 aliphatic carbocycles. The van der Waals surface area contributed by atoms with E-state index >= 15 is 0 Å². The van der Waals surface area contributed by atoms with Crippen LogP contribution in [-0.4, -0.2) is 26.4 Å². The van der Waals surface area contributed by atoms with Crippen LogP contribution in [0.4, 0.5) is 0 Å². The van der Waals surface area contributed by atoms with E-state index in [0.717, 1.165) is 34.0 Å². The maximum Gasteiger partial charge on any atom is 0.248 e. The van der Waals surface area contributed by atoms with Gasteiger partial charge in [-0.25, -0.2) is 0 Å². The van der Waals surface area contributed by atoms with Gasteiger partial charge in [0.25, 0.3) is 0 Å². The van der Waals surface area contributed by atoms with Gasteiger partial charge >= 0.3 is 0 Å². The van der Waals surface area contributed by atoms with Gasteiger partial charge in [0.1, 0.15) is 12.4 Å². The number of nitrogens with one attached hydrogen (secondary N) is 2. The minimum atomic E-state index is -2.10. The number of benzene rings is 3. The van der Waals surface area contributed by atoms with Crippen molar-refractivity contribution in [2.75, 3.05) is 13.1 Å². The minimum Gasteiger partial charge on any atom is -0.487 e. The van der Waals surface area contributed by atoms with Gasteiger partial charge in [0, 0.05) is 22.5 Å². The first-order valence-corrected chi connectivity index (χ1v) is 17.2. The minimum absolute atomic E-state index is 0.0610. The fourth-order valence-corrected chi connectivity index (χ4v) is 5.79. The van der Waals surface area contributed by atoms with Crippen molar-refractivity contribution in [1.82, 2.24) is 10.3 Å². The fourth-order valence-electron chi connectivity index (χ4n) is 4.25. The molecule has 1 heterocycles. The summed E-state index contributed by atoms with van der Waals surface area (Å²) in [6.45, 7) is 13.3. The number of aromatic nitrogens is 1. The van der Waals surface area contributed by atoms with E-state index in [1.165, 1.54) is 5.56 Å². The molecule has 0 saturated heterocycles. The van der Waals surface area contributed by atoms with Crippen molar-refractivity contribution in [3.63, 3.8) is 0 Å². The van der Waals surface area contributed by atoms with E-state index in [1.807, 2.05) is 42.5 Å². The molecule has 0 spiro atoms. The van der Waals surface area contributed by atoms with E-state index in [0.29, 0.717) is 24.4 Å². The number of fused-ring (bicyclic) bond motifs is 1. The molecule has 0 amide bonds. The van der Waals surface area contributed by atoms with Gasteiger partial charge in [0.15, 0.2) is 8.32 Å². The lowest BCUT2D eigenvalue weighted by molar-refractivity contribution is 0.182. The van der Waals surface area contributed by atoms with E-state index in [-0.39, 0.29) is 16.7 Å². The van der Waals surface area contributed by atoms with Gasteiger partial charge in [-0.1, -0.05) is 85.2 Å². The highest BCUT2D eigenvalue weighted by molar-refractivity contribution is 9.10. The van der Waals surface area contributed by atoms with Crippen LogP contribution in [0.25, 0.3) is 10.9 Å². The summed E-state index contributed by atoms with van der Waals surface area (Å²) < 4.78 is 14.3. The van der Waals surface area contributed by atoms with Crippen molar-refractivity contribution in [2.45, 2.75) is 58.0 Å². The van der Waals surface area contributed by atoms with Crippen LogP contribution in [-0.2, 0) is 17.5 Å². The molecule has 3 aromatic carbocycles. The number of hydrogen-bond donors (Lipinski definition) is 2. The molecule has 4 aromatic rings. The molecule has 4 rings (SSSR count). The zero-order chi connectivity index (χ0) is 28.0. The summed E-state index contributed by atoms with van der Waals surface area (Å²) in [7, 11) is -2.10. The Morgan fingerprint density at radius 1 is 0.923 bits per heavy atom. The normalized spacial score (nSPS) is 13.0. The average molecular weight is 608 g/mol. The lowest BCUT2D eigenvalue weighted by atomic mass is 10.0. The molecular formula is C32H39BrN2O3Si. The monoisotopic (exact) mass is 606 g/mol. The Balaban J connectivity index is 1.61. The second-order valence-electron chi connectivity index (χ2n) is 11.5. The van der Waals surface area contributed by atoms with Crippen LogP contribution in [0.2, 0.25) is 18.1 Å². The molecule has 1 unspecified atom stereocenters. The van der Waals surface area contributed by atoms with Crippen molar-refractivity contribution >= 4 is 35.2 Å². The Morgan fingerprint density at radius 2 is 1.64 bits per heavy atom. The smallest absolute Gasteiger partial charge is 0.248 e. The van der Waals surface area contributed by atoms with E-state index in [2.05, 4.69) is 90.4 Å². The van der Waals surface area contributed by atoms with Crippen LogP contribution in [0.3, 0.4) is 0 Å². The van der Waals surface area contributed by atoms with Crippen molar-refractivity contribution < 1.29 is 9.16 Å². The molecule has 0 bridgehead atoms. The zero-order valence-corrected chi connectivity index (χ0v) is 26.1. The molecule has 39 heavy (non-hydrogen) atoms. The van der Waals surface area contributed by atoms with Crippen LogP contribution in [0.15, 0.2) is 88.1 Å². The number of H-pyrrole nitrogens is 1. The Hall–Kier alpha value is -2.71. The van der Waals surface area contributed by atoms with Gasteiger partial charge < -0.3 is 19.5 Å². The molecule has 206 valence electrons. The Kier molecular flexibility index (Phi) is 9.49. The van der Waals surface area contributed by atoms with E-state index in [4.69, 9.17) is 9.16 Å². The predicted molar refractivity (Wildman–Crippen MR) is 167 cm³/mol. The topological polar surface area (TPSA) is 63.4 Å². The molecule has 0 aliphatic rings. The van der Waals surface area contributed by atoms with E-state index in [9.17, 15) is 4.79 Å².